The number of halogens is 1. The summed E-state index contributed by atoms with van der Waals surface area (Å²) in [7, 11) is 0. The zero-order valence-electron chi connectivity index (χ0n) is 22.5. The molecule has 4 aromatic rings. The normalized spacial score (nSPS) is 15.3. The summed E-state index contributed by atoms with van der Waals surface area (Å²) in [5, 5.41) is 4.69. The Kier molecular flexibility index (Phi) is 8.08. The number of rotatable bonds is 7. The molecule has 5 rings (SSSR count). The average Bonchev–Trinajstić information content (AvgIpc) is 3.27. The van der Waals surface area contributed by atoms with Gasteiger partial charge in [-0.05, 0) is 91.6 Å². The largest absolute Gasteiger partial charge is 0.494 e. The number of benzene rings is 2. The van der Waals surface area contributed by atoms with Gasteiger partial charge in [-0.2, -0.15) is 0 Å². The number of hydrogen-bond donors (Lipinski definition) is 1. The number of thioether (sulfide) groups is 1. The van der Waals surface area contributed by atoms with Crippen molar-refractivity contribution in [2.75, 3.05) is 17.7 Å². The van der Waals surface area contributed by atoms with E-state index in [9.17, 15) is 9.59 Å². The summed E-state index contributed by atoms with van der Waals surface area (Å²) < 4.78 is 7.24. The molecule has 0 aliphatic heterocycles. The lowest BCUT2D eigenvalue weighted by Gasteiger charge is -2.33. The smallest absolute Gasteiger partial charge is 0.267 e. The monoisotopic (exact) mass is 581 g/mol. The molecule has 0 fully saturated rings. The van der Waals surface area contributed by atoms with Gasteiger partial charge in [-0.3, -0.25) is 14.2 Å². The first-order valence-electron chi connectivity index (χ1n) is 13.1. The maximum atomic E-state index is 14.1. The first-order valence-corrected chi connectivity index (χ1v) is 15.3. The molecule has 1 atom stereocenters. The van der Waals surface area contributed by atoms with Crippen LogP contribution in [0.15, 0.2) is 58.5 Å². The molecular weight excluding hydrogens is 550 g/mol. The SMILES string of the molecule is CCOc1ccc(-n2c(SCC(=O)Nc3ccc(Cl)cc3)nc3sc4c(c3c2=O)CCC(C(C)(C)C)C4)cc1. The molecule has 39 heavy (non-hydrogen) atoms. The molecule has 204 valence electrons. The van der Waals surface area contributed by atoms with Gasteiger partial charge in [0.05, 0.1) is 23.4 Å². The Hall–Kier alpha value is -2.81. The number of carbonyl (C=O) groups excluding carboxylic acids is 1. The van der Waals surface area contributed by atoms with Crippen molar-refractivity contribution < 1.29 is 9.53 Å². The highest BCUT2D eigenvalue weighted by atomic mass is 35.5. The van der Waals surface area contributed by atoms with Crippen molar-refractivity contribution in [2.24, 2.45) is 11.3 Å². The van der Waals surface area contributed by atoms with Crippen LogP contribution in [0.1, 0.15) is 44.6 Å². The van der Waals surface area contributed by atoms with Gasteiger partial charge in [0.25, 0.3) is 5.56 Å². The van der Waals surface area contributed by atoms with Gasteiger partial charge in [-0.1, -0.05) is 44.1 Å². The third-order valence-electron chi connectivity index (χ3n) is 7.14. The van der Waals surface area contributed by atoms with E-state index in [1.807, 2.05) is 31.2 Å². The van der Waals surface area contributed by atoms with E-state index >= 15 is 0 Å². The minimum absolute atomic E-state index is 0.0866. The summed E-state index contributed by atoms with van der Waals surface area (Å²) in [4.78, 5) is 33.9. The summed E-state index contributed by atoms with van der Waals surface area (Å²) in [5.41, 5.74) is 2.63. The number of nitrogens with one attached hydrogen (secondary N) is 1. The average molecular weight is 582 g/mol. The van der Waals surface area contributed by atoms with Crippen LogP contribution in [0.4, 0.5) is 5.69 Å². The Labute approximate surface area is 241 Å². The molecule has 6 nitrogen and oxygen atoms in total. The lowest BCUT2D eigenvalue weighted by atomic mass is 9.72. The van der Waals surface area contributed by atoms with Gasteiger partial charge in [0, 0.05) is 15.6 Å². The number of anilines is 1. The summed E-state index contributed by atoms with van der Waals surface area (Å²) in [6.45, 7) is 9.36. The molecule has 9 heteroatoms. The third-order valence-corrected chi connectivity index (χ3v) is 9.48. The summed E-state index contributed by atoms with van der Waals surface area (Å²) in [5.74, 6) is 1.22. The molecule has 0 radical (unpaired) electrons. The van der Waals surface area contributed by atoms with Crippen LogP contribution in [0.5, 0.6) is 5.75 Å². The van der Waals surface area contributed by atoms with E-state index in [0.29, 0.717) is 39.5 Å². The number of fused-ring (bicyclic) bond motifs is 3. The van der Waals surface area contributed by atoms with Crippen molar-refractivity contribution in [3.8, 4) is 11.4 Å². The first kappa shape index (κ1) is 27.7. The number of aromatic nitrogens is 2. The fourth-order valence-corrected chi connectivity index (χ4v) is 7.27. The van der Waals surface area contributed by atoms with Crippen LogP contribution in [-0.2, 0) is 17.6 Å². The molecule has 2 heterocycles. The molecule has 0 bridgehead atoms. The fourth-order valence-electron chi connectivity index (χ4n) is 4.99. The number of amides is 1. The molecule has 1 aliphatic carbocycles. The van der Waals surface area contributed by atoms with Gasteiger partial charge < -0.3 is 10.1 Å². The lowest BCUT2D eigenvalue weighted by molar-refractivity contribution is -0.113. The molecule has 2 aromatic carbocycles. The minimum Gasteiger partial charge on any atom is -0.494 e. The minimum atomic E-state index is -0.187. The number of carbonyl (C=O) groups is 1. The Bertz CT molecular complexity index is 1550. The van der Waals surface area contributed by atoms with E-state index in [1.165, 1.54) is 16.6 Å². The molecule has 1 aliphatic rings. The maximum absolute atomic E-state index is 14.1. The maximum Gasteiger partial charge on any atom is 0.267 e. The van der Waals surface area contributed by atoms with Crippen LogP contribution in [0.3, 0.4) is 0 Å². The number of aryl methyl sites for hydroxylation is 1. The van der Waals surface area contributed by atoms with E-state index in [2.05, 4.69) is 26.1 Å². The molecule has 1 N–H and O–H groups in total. The van der Waals surface area contributed by atoms with E-state index in [-0.39, 0.29) is 22.6 Å². The van der Waals surface area contributed by atoms with Crippen LogP contribution in [0.25, 0.3) is 15.9 Å². The van der Waals surface area contributed by atoms with E-state index in [1.54, 1.807) is 40.2 Å². The molecule has 2 aromatic heterocycles. The van der Waals surface area contributed by atoms with Gasteiger partial charge in [0.1, 0.15) is 10.6 Å². The summed E-state index contributed by atoms with van der Waals surface area (Å²) >= 11 is 8.84. The molecular formula is C30H32ClN3O3S2. The zero-order valence-corrected chi connectivity index (χ0v) is 24.9. The summed E-state index contributed by atoms with van der Waals surface area (Å²) in [6.07, 6.45) is 2.91. The predicted octanol–water partition coefficient (Wildman–Crippen LogP) is 7.38. The topological polar surface area (TPSA) is 73.2 Å². The van der Waals surface area contributed by atoms with Crippen molar-refractivity contribution >= 4 is 56.5 Å². The van der Waals surface area contributed by atoms with Crippen LogP contribution < -0.4 is 15.6 Å². The zero-order chi connectivity index (χ0) is 27.7. The van der Waals surface area contributed by atoms with E-state index in [4.69, 9.17) is 21.3 Å². The molecule has 0 saturated heterocycles. The highest BCUT2D eigenvalue weighted by Crippen LogP contribution is 2.42. The Morgan fingerprint density at radius 1 is 1.18 bits per heavy atom. The summed E-state index contributed by atoms with van der Waals surface area (Å²) in [6, 6.07) is 14.4. The van der Waals surface area contributed by atoms with Gasteiger partial charge >= 0.3 is 0 Å². The van der Waals surface area contributed by atoms with Crippen molar-refractivity contribution in [3.63, 3.8) is 0 Å². The first-order chi connectivity index (χ1) is 18.6. The number of ether oxygens (including phenoxy) is 1. The van der Waals surface area contributed by atoms with Gasteiger partial charge in [0.15, 0.2) is 5.16 Å². The van der Waals surface area contributed by atoms with Gasteiger partial charge in [-0.15, -0.1) is 11.3 Å². The van der Waals surface area contributed by atoms with Crippen LogP contribution in [0, 0.1) is 11.3 Å². The fraction of sp³-hybridized carbons (Fsp3) is 0.367. The quantitative estimate of drug-likeness (QED) is 0.182. The second-order valence-electron chi connectivity index (χ2n) is 10.8. The highest BCUT2D eigenvalue weighted by Gasteiger charge is 2.32. The highest BCUT2D eigenvalue weighted by molar-refractivity contribution is 7.99. The second-order valence-corrected chi connectivity index (χ2v) is 13.3. The van der Waals surface area contributed by atoms with Crippen molar-refractivity contribution in [1.29, 1.82) is 0 Å². The predicted molar refractivity (Wildman–Crippen MR) is 162 cm³/mol. The third kappa shape index (κ3) is 6.03. The second kappa shape index (κ2) is 11.4. The lowest BCUT2D eigenvalue weighted by Crippen LogP contribution is -2.27. The van der Waals surface area contributed by atoms with Crippen LogP contribution in [0.2, 0.25) is 5.02 Å². The molecule has 1 amide bonds. The van der Waals surface area contributed by atoms with E-state index in [0.717, 1.165) is 35.4 Å². The Morgan fingerprint density at radius 2 is 1.90 bits per heavy atom. The Morgan fingerprint density at radius 3 is 2.56 bits per heavy atom. The van der Waals surface area contributed by atoms with Gasteiger partial charge in [0.2, 0.25) is 5.91 Å². The van der Waals surface area contributed by atoms with Crippen LogP contribution >= 0.6 is 34.7 Å². The van der Waals surface area contributed by atoms with Gasteiger partial charge in [-0.25, -0.2) is 4.98 Å². The Balaban J connectivity index is 1.52. The van der Waals surface area contributed by atoms with Crippen molar-refractivity contribution in [2.45, 2.75) is 52.1 Å². The van der Waals surface area contributed by atoms with Crippen molar-refractivity contribution in [1.82, 2.24) is 9.55 Å². The molecule has 1 unspecified atom stereocenters. The number of hydrogen-bond acceptors (Lipinski definition) is 6. The standard InChI is InChI=1S/C30H32ClN3O3S2/c1-5-37-22-13-11-21(12-14-22)34-28(36)26-23-15-6-18(30(2,3)4)16-24(23)39-27(26)33-29(34)38-17-25(35)32-20-9-7-19(31)8-10-20/h7-14,18H,5-6,15-17H2,1-4H3,(H,32,35). The molecule has 0 saturated carbocycles. The van der Waals surface area contributed by atoms with Crippen LogP contribution in [-0.4, -0.2) is 27.8 Å². The number of thiophene rings is 1. The molecule has 0 spiro atoms. The van der Waals surface area contributed by atoms with E-state index < -0.39 is 0 Å². The number of nitrogens with zero attached hydrogens (tertiary/aromatic N) is 2. The van der Waals surface area contributed by atoms with Crippen molar-refractivity contribution in [3.05, 3.63) is 74.3 Å².